The van der Waals surface area contributed by atoms with Crippen molar-refractivity contribution in [3.05, 3.63) is 42.0 Å². The minimum absolute atomic E-state index is 0.284. The van der Waals surface area contributed by atoms with Crippen molar-refractivity contribution >= 4 is 17.6 Å². The van der Waals surface area contributed by atoms with E-state index in [9.17, 15) is 9.59 Å². The number of aromatic nitrogens is 2. The van der Waals surface area contributed by atoms with Crippen LogP contribution in [0.5, 0.6) is 11.5 Å². The monoisotopic (exact) mass is 303 g/mol. The topological polar surface area (TPSA) is 111 Å². The van der Waals surface area contributed by atoms with E-state index in [4.69, 9.17) is 14.6 Å². The van der Waals surface area contributed by atoms with E-state index in [-0.39, 0.29) is 5.69 Å². The van der Waals surface area contributed by atoms with Gasteiger partial charge in [0.05, 0.1) is 19.9 Å². The molecule has 2 N–H and O–H groups in total. The van der Waals surface area contributed by atoms with Crippen LogP contribution in [-0.2, 0) is 0 Å². The highest BCUT2D eigenvalue weighted by molar-refractivity contribution is 6.09. The third kappa shape index (κ3) is 3.11. The van der Waals surface area contributed by atoms with Gasteiger partial charge in [0.2, 0.25) is 0 Å². The van der Waals surface area contributed by atoms with Crippen LogP contribution < -0.4 is 14.8 Å². The van der Waals surface area contributed by atoms with Gasteiger partial charge in [-0.25, -0.2) is 14.8 Å². The van der Waals surface area contributed by atoms with Crippen LogP contribution in [-0.4, -0.2) is 41.2 Å². The molecular formula is C14H13N3O5. The zero-order valence-corrected chi connectivity index (χ0v) is 11.9. The van der Waals surface area contributed by atoms with Crippen LogP contribution in [0.2, 0.25) is 0 Å². The van der Waals surface area contributed by atoms with Crippen LogP contribution in [0.15, 0.2) is 30.6 Å². The lowest BCUT2D eigenvalue weighted by atomic mass is 10.2. The van der Waals surface area contributed by atoms with Gasteiger partial charge in [-0.15, -0.1) is 0 Å². The molecule has 0 unspecified atom stereocenters. The Morgan fingerprint density at radius 1 is 1.09 bits per heavy atom. The molecule has 0 radical (unpaired) electrons. The number of carboxylic acids is 1. The first-order valence-corrected chi connectivity index (χ1v) is 6.14. The van der Waals surface area contributed by atoms with Gasteiger partial charge in [-0.2, -0.15) is 0 Å². The fourth-order valence-electron chi connectivity index (χ4n) is 1.74. The second-order valence-electron chi connectivity index (χ2n) is 4.08. The molecule has 0 saturated heterocycles. The smallest absolute Gasteiger partial charge is 0.356 e. The van der Waals surface area contributed by atoms with Crippen molar-refractivity contribution in [1.82, 2.24) is 9.97 Å². The van der Waals surface area contributed by atoms with Crippen molar-refractivity contribution < 1.29 is 24.2 Å². The second kappa shape index (κ2) is 6.53. The van der Waals surface area contributed by atoms with E-state index in [2.05, 4.69) is 15.3 Å². The number of hydrogen-bond donors (Lipinski definition) is 2. The van der Waals surface area contributed by atoms with Gasteiger partial charge in [-0.1, -0.05) is 0 Å². The zero-order chi connectivity index (χ0) is 16.1. The van der Waals surface area contributed by atoms with Gasteiger partial charge >= 0.3 is 5.97 Å². The minimum atomic E-state index is -1.33. The van der Waals surface area contributed by atoms with Gasteiger partial charge in [-0.3, -0.25) is 4.79 Å². The van der Waals surface area contributed by atoms with Gasteiger partial charge in [0.25, 0.3) is 5.91 Å². The zero-order valence-electron chi connectivity index (χ0n) is 11.9. The molecular weight excluding hydrogens is 290 g/mol. The molecule has 1 amide bonds. The summed E-state index contributed by atoms with van der Waals surface area (Å²) >= 11 is 0. The number of carboxylic acid groups (broad SMARTS) is 1. The standard InChI is InChI=1S/C14H13N3O5/c1-21-8-3-4-9(10(7-8)22-2)17-13(18)11-12(14(19)20)16-6-5-15-11/h3-7H,1-2H3,(H,17,18)(H,19,20). The van der Waals surface area contributed by atoms with Gasteiger partial charge < -0.3 is 19.9 Å². The summed E-state index contributed by atoms with van der Waals surface area (Å²) in [5, 5.41) is 11.6. The first-order chi connectivity index (χ1) is 10.6. The van der Waals surface area contributed by atoms with E-state index in [1.54, 1.807) is 18.2 Å². The third-order valence-electron chi connectivity index (χ3n) is 2.77. The van der Waals surface area contributed by atoms with Crippen molar-refractivity contribution in [2.24, 2.45) is 0 Å². The first kappa shape index (κ1) is 15.2. The van der Waals surface area contributed by atoms with Crippen LogP contribution in [0.25, 0.3) is 0 Å². The maximum atomic E-state index is 12.2. The van der Waals surface area contributed by atoms with E-state index in [0.29, 0.717) is 17.2 Å². The Morgan fingerprint density at radius 2 is 1.77 bits per heavy atom. The normalized spacial score (nSPS) is 9.91. The number of carbonyl (C=O) groups excluding carboxylic acids is 1. The molecule has 114 valence electrons. The minimum Gasteiger partial charge on any atom is -0.497 e. The molecule has 0 fully saturated rings. The second-order valence-corrected chi connectivity index (χ2v) is 4.08. The average Bonchev–Trinajstić information content (AvgIpc) is 2.55. The van der Waals surface area contributed by atoms with Gasteiger partial charge in [0.1, 0.15) is 11.5 Å². The van der Waals surface area contributed by atoms with Gasteiger partial charge in [-0.05, 0) is 12.1 Å². The highest BCUT2D eigenvalue weighted by atomic mass is 16.5. The van der Waals surface area contributed by atoms with E-state index < -0.39 is 17.6 Å². The summed E-state index contributed by atoms with van der Waals surface area (Å²) < 4.78 is 10.2. The van der Waals surface area contributed by atoms with Crippen LogP contribution >= 0.6 is 0 Å². The number of amides is 1. The Labute approximate surface area is 125 Å². The van der Waals surface area contributed by atoms with Crippen molar-refractivity contribution in [2.45, 2.75) is 0 Å². The number of aromatic carboxylic acids is 1. The molecule has 0 aliphatic rings. The van der Waals surface area contributed by atoms with Crippen molar-refractivity contribution in [3.8, 4) is 11.5 Å². The van der Waals surface area contributed by atoms with Crippen LogP contribution in [0.3, 0.4) is 0 Å². The molecule has 1 aromatic heterocycles. The Balaban J connectivity index is 2.32. The van der Waals surface area contributed by atoms with E-state index in [1.165, 1.54) is 26.6 Å². The molecule has 8 heteroatoms. The Hall–Kier alpha value is -3.16. The summed E-state index contributed by atoms with van der Waals surface area (Å²) in [5.41, 5.74) is -0.351. The number of ether oxygens (including phenoxy) is 2. The lowest BCUT2D eigenvalue weighted by molar-refractivity contribution is 0.0685. The predicted molar refractivity (Wildman–Crippen MR) is 76.5 cm³/mol. The van der Waals surface area contributed by atoms with Crippen LogP contribution in [0, 0.1) is 0 Å². The molecule has 1 aromatic carbocycles. The number of methoxy groups -OCH3 is 2. The Bertz CT molecular complexity index is 717. The van der Waals surface area contributed by atoms with E-state index in [1.807, 2.05) is 0 Å². The van der Waals surface area contributed by atoms with Crippen molar-refractivity contribution in [3.63, 3.8) is 0 Å². The lowest BCUT2D eigenvalue weighted by Gasteiger charge is -2.11. The molecule has 2 rings (SSSR count). The van der Waals surface area contributed by atoms with Crippen molar-refractivity contribution in [1.29, 1.82) is 0 Å². The number of rotatable bonds is 5. The number of nitrogens with zero attached hydrogens (tertiary/aromatic N) is 2. The SMILES string of the molecule is COc1ccc(NC(=O)c2nccnc2C(=O)O)c(OC)c1. The molecule has 0 atom stereocenters. The summed E-state index contributed by atoms with van der Waals surface area (Å²) in [5.74, 6) is -1.11. The highest BCUT2D eigenvalue weighted by Gasteiger charge is 2.20. The highest BCUT2D eigenvalue weighted by Crippen LogP contribution is 2.29. The summed E-state index contributed by atoms with van der Waals surface area (Å²) in [6, 6.07) is 4.80. The molecule has 0 aliphatic heterocycles. The summed E-state index contributed by atoms with van der Waals surface area (Å²) in [7, 11) is 2.95. The summed E-state index contributed by atoms with van der Waals surface area (Å²) in [4.78, 5) is 30.7. The molecule has 22 heavy (non-hydrogen) atoms. The quantitative estimate of drug-likeness (QED) is 0.859. The van der Waals surface area contributed by atoms with E-state index >= 15 is 0 Å². The molecule has 0 bridgehead atoms. The maximum absolute atomic E-state index is 12.2. The summed E-state index contributed by atoms with van der Waals surface area (Å²) in [6.07, 6.45) is 2.45. The number of carbonyl (C=O) groups is 2. The molecule has 2 aromatic rings. The van der Waals surface area contributed by atoms with Crippen LogP contribution in [0.1, 0.15) is 21.0 Å². The predicted octanol–water partition coefficient (Wildman–Crippen LogP) is 1.44. The largest absolute Gasteiger partial charge is 0.497 e. The number of anilines is 1. The van der Waals surface area contributed by atoms with E-state index in [0.717, 1.165) is 0 Å². The first-order valence-electron chi connectivity index (χ1n) is 6.14. The third-order valence-corrected chi connectivity index (χ3v) is 2.77. The fourth-order valence-corrected chi connectivity index (χ4v) is 1.74. The molecule has 0 saturated carbocycles. The van der Waals surface area contributed by atoms with Crippen LogP contribution in [0.4, 0.5) is 5.69 Å². The molecule has 0 aliphatic carbocycles. The molecule has 0 spiro atoms. The van der Waals surface area contributed by atoms with Gasteiger partial charge in [0.15, 0.2) is 11.4 Å². The fraction of sp³-hybridized carbons (Fsp3) is 0.143. The number of hydrogen-bond acceptors (Lipinski definition) is 6. The van der Waals surface area contributed by atoms with Crippen molar-refractivity contribution in [2.75, 3.05) is 19.5 Å². The maximum Gasteiger partial charge on any atom is 0.356 e. The Kier molecular flexibility index (Phi) is 4.52. The molecule has 8 nitrogen and oxygen atoms in total. The number of nitrogens with one attached hydrogen (secondary N) is 1. The summed E-state index contributed by atoms with van der Waals surface area (Å²) in [6.45, 7) is 0. The number of benzene rings is 1. The molecule has 1 heterocycles. The lowest BCUT2D eigenvalue weighted by Crippen LogP contribution is -2.19. The van der Waals surface area contributed by atoms with Gasteiger partial charge in [0, 0.05) is 18.5 Å². The average molecular weight is 303 g/mol. The Morgan fingerprint density at radius 3 is 2.36 bits per heavy atom.